The maximum absolute atomic E-state index is 5.91. The SMILES string of the molecule is CCC(CC)N(C)c1nc(Cl)nc(N(C)C)n1. The topological polar surface area (TPSA) is 45.2 Å². The Bertz CT molecular complexity index is 365. The van der Waals surface area contributed by atoms with Gasteiger partial charge in [-0.05, 0) is 24.4 Å². The molecule has 0 atom stereocenters. The molecule has 0 aromatic carbocycles. The van der Waals surface area contributed by atoms with E-state index in [1.807, 2.05) is 26.0 Å². The monoisotopic (exact) mass is 257 g/mol. The molecule has 0 amide bonds. The highest BCUT2D eigenvalue weighted by Gasteiger charge is 2.16. The number of halogens is 1. The van der Waals surface area contributed by atoms with Gasteiger partial charge in [0.25, 0.3) is 0 Å². The van der Waals surface area contributed by atoms with E-state index < -0.39 is 0 Å². The van der Waals surface area contributed by atoms with Gasteiger partial charge in [0.15, 0.2) is 0 Å². The van der Waals surface area contributed by atoms with Crippen LogP contribution in [0.25, 0.3) is 0 Å². The summed E-state index contributed by atoms with van der Waals surface area (Å²) >= 11 is 5.91. The van der Waals surface area contributed by atoms with Crippen molar-refractivity contribution in [1.82, 2.24) is 15.0 Å². The molecule has 17 heavy (non-hydrogen) atoms. The van der Waals surface area contributed by atoms with Crippen molar-refractivity contribution >= 4 is 23.5 Å². The van der Waals surface area contributed by atoms with Crippen molar-refractivity contribution in [2.24, 2.45) is 0 Å². The van der Waals surface area contributed by atoms with E-state index >= 15 is 0 Å². The lowest BCUT2D eigenvalue weighted by atomic mass is 10.1. The predicted molar refractivity (Wildman–Crippen MR) is 71.9 cm³/mol. The number of aromatic nitrogens is 3. The molecule has 1 aromatic heterocycles. The molecule has 0 N–H and O–H groups in total. The summed E-state index contributed by atoms with van der Waals surface area (Å²) in [7, 11) is 5.75. The molecule has 96 valence electrons. The third-order valence-corrected chi connectivity index (χ3v) is 2.96. The summed E-state index contributed by atoms with van der Waals surface area (Å²) in [4.78, 5) is 16.5. The van der Waals surface area contributed by atoms with Crippen molar-refractivity contribution < 1.29 is 0 Å². The van der Waals surface area contributed by atoms with E-state index in [0.717, 1.165) is 12.8 Å². The molecule has 0 saturated heterocycles. The van der Waals surface area contributed by atoms with Gasteiger partial charge in [0, 0.05) is 27.2 Å². The van der Waals surface area contributed by atoms with Gasteiger partial charge >= 0.3 is 0 Å². The van der Waals surface area contributed by atoms with Gasteiger partial charge in [-0.3, -0.25) is 0 Å². The van der Waals surface area contributed by atoms with Crippen LogP contribution in [-0.4, -0.2) is 42.1 Å². The number of hydrogen-bond donors (Lipinski definition) is 0. The standard InChI is InChI=1S/C11H20ClN5/c1-6-8(7-2)17(5)11-14-9(12)13-10(15-11)16(3)4/h8H,6-7H2,1-5H3. The molecule has 0 unspecified atom stereocenters. The van der Waals surface area contributed by atoms with Gasteiger partial charge in [0.2, 0.25) is 17.2 Å². The molecule has 0 spiro atoms. The van der Waals surface area contributed by atoms with Gasteiger partial charge in [0.05, 0.1) is 0 Å². The molecule has 1 aromatic rings. The molecule has 5 nitrogen and oxygen atoms in total. The van der Waals surface area contributed by atoms with Gasteiger partial charge in [0.1, 0.15) is 0 Å². The van der Waals surface area contributed by atoms with E-state index in [1.165, 1.54) is 0 Å². The lowest BCUT2D eigenvalue weighted by molar-refractivity contribution is 0.580. The highest BCUT2D eigenvalue weighted by molar-refractivity contribution is 6.28. The second kappa shape index (κ2) is 6.00. The molecule has 6 heteroatoms. The Labute approximate surface area is 108 Å². The van der Waals surface area contributed by atoms with Crippen LogP contribution in [-0.2, 0) is 0 Å². The summed E-state index contributed by atoms with van der Waals surface area (Å²) < 4.78 is 0. The zero-order chi connectivity index (χ0) is 13.0. The normalized spacial score (nSPS) is 10.8. The molecule has 0 saturated carbocycles. The lowest BCUT2D eigenvalue weighted by Gasteiger charge is -2.26. The smallest absolute Gasteiger partial charge is 0.231 e. The Kier molecular flexibility index (Phi) is 4.93. The summed E-state index contributed by atoms with van der Waals surface area (Å²) in [6, 6.07) is 0.420. The van der Waals surface area contributed by atoms with Gasteiger partial charge in [-0.1, -0.05) is 13.8 Å². The first-order chi connectivity index (χ1) is 7.99. The molecule has 0 aliphatic rings. The van der Waals surface area contributed by atoms with Gasteiger partial charge in [-0.15, -0.1) is 0 Å². The fourth-order valence-corrected chi connectivity index (χ4v) is 1.84. The zero-order valence-corrected chi connectivity index (χ0v) is 11.9. The van der Waals surface area contributed by atoms with Gasteiger partial charge < -0.3 is 9.80 Å². The highest BCUT2D eigenvalue weighted by Crippen LogP contribution is 2.18. The first-order valence-corrected chi connectivity index (χ1v) is 6.19. The van der Waals surface area contributed by atoms with E-state index in [9.17, 15) is 0 Å². The van der Waals surface area contributed by atoms with Crippen LogP contribution >= 0.6 is 11.6 Å². The average molecular weight is 258 g/mol. The summed E-state index contributed by atoms with van der Waals surface area (Å²) in [5, 5.41) is 0.233. The van der Waals surface area contributed by atoms with Crippen molar-refractivity contribution in [3.8, 4) is 0 Å². The lowest BCUT2D eigenvalue weighted by Crippen LogP contribution is -2.32. The minimum atomic E-state index is 0.233. The summed E-state index contributed by atoms with van der Waals surface area (Å²) in [6.45, 7) is 4.31. The van der Waals surface area contributed by atoms with E-state index in [-0.39, 0.29) is 5.28 Å². The fraction of sp³-hybridized carbons (Fsp3) is 0.727. The Balaban J connectivity index is 3.04. The van der Waals surface area contributed by atoms with Gasteiger partial charge in [-0.25, -0.2) is 0 Å². The van der Waals surface area contributed by atoms with E-state index in [4.69, 9.17) is 11.6 Å². The van der Waals surface area contributed by atoms with Crippen LogP contribution in [0.15, 0.2) is 0 Å². The number of hydrogen-bond acceptors (Lipinski definition) is 5. The number of nitrogens with zero attached hydrogens (tertiary/aromatic N) is 5. The quantitative estimate of drug-likeness (QED) is 0.809. The molecule has 0 fully saturated rings. The van der Waals surface area contributed by atoms with Crippen LogP contribution in [0.5, 0.6) is 0 Å². The number of rotatable bonds is 5. The molecule has 0 bridgehead atoms. The third kappa shape index (κ3) is 3.43. The molecule has 0 aliphatic carbocycles. The van der Waals surface area contributed by atoms with E-state index in [2.05, 4.69) is 33.7 Å². The second-order valence-corrected chi connectivity index (χ2v) is 4.52. The van der Waals surface area contributed by atoms with Crippen molar-refractivity contribution in [3.05, 3.63) is 5.28 Å². The van der Waals surface area contributed by atoms with Crippen molar-refractivity contribution in [1.29, 1.82) is 0 Å². The average Bonchev–Trinajstić information content (AvgIpc) is 2.29. The summed E-state index contributed by atoms with van der Waals surface area (Å²) in [5.74, 6) is 1.21. The van der Waals surface area contributed by atoms with Crippen LogP contribution in [0.3, 0.4) is 0 Å². The van der Waals surface area contributed by atoms with Crippen LogP contribution in [0.1, 0.15) is 26.7 Å². The molecular formula is C11H20ClN5. The van der Waals surface area contributed by atoms with Crippen LogP contribution in [0.2, 0.25) is 5.28 Å². The zero-order valence-electron chi connectivity index (χ0n) is 11.1. The van der Waals surface area contributed by atoms with E-state index in [1.54, 1.807) is 0 Å². The minimum Gasteiger partial charge on any atom is -0.347 e. The maximum atomic E-state index is 5.91. The van der Waals surface area contributed by atoms with Crippen LogP contribution in [0.4, 0.5) is 11.9 Å². The molecule has 0 radical (unpaired) electrons. The Morgan fingerprint density at radius 2 is 1.53 bits per heavy atom. The van der Waals surface area contributed by atoms with Crippen molar-refractivity contribution in [2.75, 3.05) is 30.9 Å². The first kappa shape index (κ1) is 14.0. The highest BCUT2D eigenvalue weighted by atomic mass is 35.5. The Hall–Kier alpha value is -1.10. The summed E-state index contributed by atoms with van der Waals surface area (Å²) in [5.41, 5.74) is 0. The Morgan fingerprint density at radius 1 is 1.00 bits per heavy atom. The summed E-state index contributed by atoms with van der Waals surface area (Å²) in [6.07, 6.45) is 2.10. The molecule has 1 heterocycles. The van der Waals surface area contributed by atoms with Crippen LogP contribution in [0, 0.1) is 0 Å². The van der Waals surface area contributed by atoms with Crippen molar-refractivity contribution in [3.63, 3.8) is 0 Å². The van der Waals surface area contributed by atoms with E-state index in [0.29, 0.717) is 17.9 Å². The largest absolute Gasteiger partial charge is 0.347 e. The molecular weight excluding hydrogens is 238 g/mol. The third-order valence-electron chi connectivity index (χ3n) is 2.79. The second-order valence-electron chi connectivity index (χ2n) is 4.18. The molecule has 0 aliphatic heterocycles. The minimum absolute atomic E-state index is 0.233. The van der Waals surface area contributed by atoms with Crippen LogP contribution < -0.4 is 9.80 Å². The predicted octanol–water partition coefficient (Wildman–Crippen LogP) is 2.22. The Morgan fingerprint density at radius 3 is 2.00 bits per heavy atom. The van der Waals surface area contributed by atoms with Crippen molar-refractivity contribution in [2.45, 2.75) is 32.7 Å². The number of anilines is 2. The fourth-order valence-electron chi connectivity index (χ4n) is 1.69. The molecule has 1 rings (SSSR count). The van der Waals surface area contributed by atoms with Gasteiger partial charge in [-0.2, -0.15) is 15.0 Å². The first-order valence-electron chi connectivity index (χ1n) is 5.81. The maximum Gasteiger partial charge on any atom is 0.231 e.